The molecule has 0 saturated carbocycles. The van der Waals surface area contributed by atoms with Crippen molar-refractivity contribution in [1.29, 1.82) is 0 Å². The molecule has 1 aromatic carbocycles. The summed E-state index contributed by atoms with van der Waals surface area (Å²) in [5, 5.41) is 12.3. The van der Waals surface area contributed by atoms with Crippen molar-refractivity contribution in [3.8, 4) is 10.6 Å². The van der Waals surface area contributed by atoms with Crippen LogP contribution in [0.4, 0.5) is 18.9 Å². The minimum absolute atomic E-state index is 0.0334. The average molecular weight is 384 g/mol. The molecule has 1 atom stereocenters. The Morgan fingerprint density at radius 2 is 2.04 bits per heavy atom. The molecule has 0 amide bonds. The van der Waals surface area contributed by atoms with E-state index in [2.05, 4.69) is 9.98 Å². The van der Waals surface area contributed by atoms with Crippen molar-refractivity contribution >= 4 is 22.7 Å². The number of fused-ring (bicyclic) bond motifs is 1. The van der Waals surface area contributed by atoms with Crippen molar-refractivity contribution in [1.82, 2.24) is 4.98 Å². The van der Waals surface area contributed by atoms with Gasteiger partial charge in [-0.3, -0.25) is 4.99 Å². The Labute approximate surface area is 153 Å². The Kier molecular flexibility index (Phi) is 4.94. The molecule has 0 radical (unpaired) electrons. The van der Waals surface area contributed by atoms with Crippen LogP contribution >= 0.6 is 11.3 Å². The number of alkyl halides is 3. The third kappa shape index (κ3) is 3.97. The predicted molar refractivity (Wildman–Crippen MR) is 95.1 cm³/mol. The van der Waals surface area contributed by atoms with Crippen LogP contribution in [0.25, 0.3) is 10.6 Å². The second kappa shape index (κ2) is 6.75. The molecule has 26 heavy (non-hydrogen) atoms. The number of ether oxygens (including phenoxy) is 1. The minimum atomic E-state index is -4.62. The lowest BCUT2D eigenvalue weighted by Gasteiger charge is -2.26. The molecule has 1 aliphatic heterocycles. The third-order valence-electron chi connectivity index (χ3n) is 3.89. The molecule has 2 aromatic rings. The van der Waals surface area contributed by atoms with Crippen LogP contribution in [0.2, 0.25) is 0 Å². The van der Waals surface area contributed by atoms with Gasteiger partial charge in [-0.25, -0.2) is 4.98 Å². The molecule has 1 unspecified atom stereocenters. The van der Waals surface area contributed by atoms with E-state index in [0.29, 0.717) is 12.1 Å². The van der Waals surface area contributed by atoms with Crippen LogP contribution in [-0.4, -0.2) is 34.2 Å². The van der Waals surface area contributed by atoms with Gasteiger partial charge >= 0.3 is 6.18 Å². The van der Waals surface area contributed by atoms with Gasteiger partial charge in [-0.2, -0.15) is 13.2 Å². The normalized spacial score (nSPS) is 15.7. The molecule has 8 heteroatoms. The highest BCUT2D eigenvalue weighted by molar-refractivity contribution is 7.13. The van der Waals surface area contributed by atoms with Crippen LogP contribution in [0.3, 0.4) is 0 Å². The molecule has 4 nitrogen and oxygen atoms in total. The average Bonchev–Trinajstić information content (AvgIpc) is 3.13. The van der Waals surface area contributed by atoms with Gasteiger partial charge in [-0.05, 0) is 26.3 Å². The monoisotopic (exact) mass is 384 g/mol. The van der Waals surface area contributed by atoms with Crippen LogP contribution in [0.5, 0.6) is 0 Å². The zero-order valence-corrected chi connectivity index (χ0v) is 15.4. The molecule has 1 aliphatic rings. The molecule has 1 N–H and O–H groups in total. The number of hydrogen-bond donors (Lipinski definition) is 1. The molecular formula is C18H19F3N2O2S. The SMILES string of the molecule is CC1=Nc2c(C(OCC(C)(C)O)C(F)(F)F)ccc(-c3nccs3)c2C1. The summed E-state index contributed by atoms with van der Waals surface area (Å²) in [6.07, 6.45) is -4.63. The number of halogens is 3. The molecular weight excluding hydrogens is 365 g/mol. The standard InChI is InChI=1S/C18H19F3N2O2S/c1-10-8-13-11(16-22-6-7-26-16)4-5-12(14(13)23-10)15(18(19,20)21)25-9-17(2,3)24/h4-7,15,24H,8-9H2,1-3H3. The van der Waals surface area contributed by atoms with E-state index in [-0.39, 0.29) is 5.56 Å². The van der Waals surface area contributed by atoms with Crippen LogP contribution in [0.15, 0.2) is 28.7 Å². The van der Waals surface area contributed by atoms with Crippen molar-refractivity contribution in [3.05, 3.63) is 34.8 Å². The molecule has 0 bridgehead atoms. The highest BCUT2D eigenvalue weighted by Crippen LogP contribution is 2.46. The predicted octanol–water partition coefficient (Wildman–Crippen LogP) is 4.85. The van der Waals surface area contributed by atoms with E-state index in [0.717, 1.165) is 21.8 Å². The molecule has 140 valence electrons. The summed E-state index contributed by atoms with van der Waals surface area (Å²) in [5.41, 5.74) is 1.17. The van der Waals surface area contributed by atoms with Crippen LogP contribution < -0.4 is 0 Å². The van der Waals surface area contributed by atoms with Gasteiger partial charge in [0.15, 0.2) is 6.10 Å². The Balaban J connectivity index is 2.07. The smallest absolute Gasteiger partial charge is 0.388 e. The first-order chi connectivity index (χ1) is 12.1. The highest BCUT2D eigenvalue weighted by atomic mass is 32.1. The van der Waals surface area contributed by atoms with Crippen molar-refractivity contribution in [2.24, 2.45) is 4.99 Å². The van der Waals surface area contributed by atoms with E-state index in [9.17, 15) is 18.3 Å². The summed E-state index contributed by atoms with van der Waals surface area (Å²) in [4.78, 5) is 8.61. The number of aliphatic imine (C=N–C) groups is 1. The molecule has 2 heterocycles. The number of rotatable bonds is 5. The van der Waals surface area contributed by atoms with E-state index >= 15 is 0 Å². The zero-order valence-electron chi connectivity index (χ0n) is 14.6. The number of aliphatic hydroxyl groups is 1. The first kappa shape index (κ1) is 19.0. The maximum absolute atomic E-state index is 13.7. The molecule has 0 fully saturated rings. The number of hydrogen-bond acceptors (Lipinski definition) is 5. The van der Waals surface area contributed by atoms with Gasteiger partial charge < -0.3 is 9.84 Å². The van der Waals surface area contributed by atoms with Gasteiger partial charge in [0, 0.05) is 34.8 Å². The van der Waals surface area contributed by atoms with Crippen molar-refractivity contribution in [2.45, 2.75) is 45.1 Å². The van der Waals surface area contributed by atoms with E-state index in [1.54, 1.807) is 19.2 Å². The van der Waals surface area contributed by atoms with Crippen LogP contribution in [0.1, 0.15) is 38.0 Å². The van der Waals surface area contributed by atoms with Crippen molar-refractivity contribution < 1.29 is 23.0 Å². The maximum Gasteiger partial charge on any atom is 0.418 e. The summed E-state index contributed by atoms with van der Waals surface area (Å²) in [5.74, 6) is 0. The summed E-state index contributed by atoms with van der Waals surface area (Å²) in [6, 6.07) is 3.05. The summed E-state index contributed by atoms with van der Waals surface area (Å²) < 4.78 is 46.1. The van der Waals surface area contributed by atoms with E-state index in [4.69, 9.17) is 4.74 Å². The van der Waals surface area contributed by atoms with Crippen LogP contribution in [-0.2, 0) is 11.2 Å². The quantitative estimate of drug-likeness (QED) is 0.802. The van der Waals surface area contributed by atoms with Crippen LogP contribution in [0, 0.1) is 0 Å². The van der Waals surface area contributed by atoms with Gasteiger partial charge in [0.2, 0.25) is 0 Å². The number of aromatic nitrogens is 1. The first-order valence-electron chi connectivity index (χ1n) is 8.07. The number of nitrogens with zero attached hydrogens (tertiary/aromatic N) is 2. The Morgan fingerprint density at radius 3 is 2.62 bits per heavy atom. The van der Waals surface area contributed by atoms with Crippen molar-refractivity contribution in [2.75, 3.05) is 6.61 Å². The lowest BCUT2D eigenvalue weighted by Crippen LogP contribution is -2.32. The fourth-order valence-corrected chi connectivity index (χ4v) is 3.56. The lowest BCUT2D eigenvalue weighted by atomic mass is 9.96. The molecule has 1 aromatic heterocycles. The summed E-state index contributed by atoms with van der Waals surface area (Å²) in [7, 11) is 0. The second-order valence-electron chi connectivity index (χ2n) is 6.94. The number of benzene rings is 1. The fourth-order valence-electron chi connectivity index (χ4n) is 2.87. The summed E-state index contributed by atoms with van der Waals surface area (Å²) >= 11 is 1.43. The van der Waals surface area contributed by atoms with Gasteiger partial charge in [0.05, 0.1) is 17.9 Å². The molecule has 0 spiro atoms. The highest BCUT2D eigenvalue weighted by Gasteiger charge is 2.44. The van der Waals surface area contributed by atoms with E-state index < -0.39 is 24.5 Å². The largest absolute Gasteiger partial charge is 0.418 e. The Hall–Kier alpha value is -1.77. The topological polar surface area (TPSA) is 54.7 Å². The molecule has 3 rings (SSSR count). The fraction of sp³-hybridized carbons (Fsp3) is 0.444. The Morgan fingerprint density at radius 1 is 1.31 bits per heavy atom. The second-order valence-corrected chi connectivity index (χ2v) is 7.83. The van der Waals surface area contributed by atoms with Gasteiger partial charge in [0.1, 0.15) is 5.01 Å². The zero-order chi connectivity index (χ0) is 19.1. The lowest BCUT2D eigenvalue weighted by molar-refractivity contribution is -0.233. The Bertz CT molecular complexity index is 824. The first-order valence-corrected chi connectivity index (χ1v) is 8.95. The van der Waals surface area contributed by atoms with Gasteiger partial charge in [-0.1, -0.05) is 12.1 Å². The van der Waals surface area contributed by atoms with E-state index in [1.807, 2.05) is 5.38 Å². The number of thiazole rings is 1. The minimum Gasteiger partial charge on any atom is -0.388 e. The van der Waals surface area contributed by atoms with Gasteiger partial charge in [0.25, 0.3) is 0 Å². The molecule has 0 saturated heterocycles. The third-order valence-corrected chi connectivity index (χ3v) is 4.70. The molecule has 0 aliphatic carbocycles. The maximum atomic E-state index is 13.7. The summed E-state index contributed by atoms with van der Waals surface area (Å²) in [6.45, 7) is 4.15. The van der Waals surface area contributed by atoms with E-state index in [1.165, 1.54) is 31.3 Å². The van der Waals surface area contributed by atoms with Gasteiger partial charge in [-0.15, -0.1) is 11.3 Å². The van der Waals surface area contributed by atoms with Crippen molar-refractivity contribution in [3.63, 3.8) is 0 Å².